The van der Waals surface area contributed by atoms with Crippen LogP contribution in [0.15, 0.2) is 54.7 Å². The van der Waals surface area contributed by atoms with Gasteiger partial charge in [-0.2, -0.15) is 0 Å². The molecule has 0 fully saturated rings. The Labute approximate surface area is 134 Å². The largest absolute Gasteiger partial charge is 0.496 e. The van der Waals surface area contributed by atoms with E-state index in [2.05, 4.69) is 0 Å². The summed E-state index contributed by atoms with van der Waals surface area (Å²) in [6.07, 6.45) is 1.98. The lowest BCUT2D eigenvalue weighted by Gasteiger charge is -2.16. The van der Waals surface area contributed by atoms with Gasteiger partial charge in [-0.1, -0.05) is 36.4 Å². The molecule has 0 N–H and O–H groups in total. The number of benzene rings is 2. The van der Waals surface area contributed by atoms with Crippen LogP contribution in [-0.2, 0) is 7.05 Å². The third-order valence-electron chi connectivity index (χ3n) is 4.15. The monoisotopic (exact) mass is 310 g/mol. The molecule has 0 saturated heterocycles. The molecule has 1 aromatic heterocycles. The lowest BCUT2D eigenvalue weighted by Crippen LogP contribution is -2.14. The number of aromatic nitrogens is 1. The van der Waals surface area contributed by atoms with E-state index in [1.165, 1.54) is 0 Å². The summed E-state index contributed by atoms with van der Waals surface area (Å²) < 4.78 is 7.43. The molecule has 3 rings (SSSR count). The molecule has 0 saturated carbocycles. The van der Waals surface area contributed by atoms with E-state index in [0.717, 1.165) is 22.0 Å². The summed E-state index contributed by atoms with van der Waals surface area (Å²) >= 11 is 0. The zero-order chi connectivity index (χ0) is 16.4. The fraction of sp³-hybridized carbons (Fsp3) is 0.222. The highest BCUT2D eigenvalue weighted by Crippen LogP contribution is 2.36. The van der Waals surface area contributed by atoms with Gasteiger partial charge in [0, 0.05) is 34.6 Å². The molecular weight excluding hydrogens is 292 g/mol. The third kappa shape index (κ3) is 2.77. The molecule has 5 nitrogen and oxygen atoms in total. The van der Waals surface area contributed by atoms with E-state index in [1.807, 2.05) is 66.3 Å². The van der Waals surface area contributed by atoms with Crippen molar-refractivity contribution in [2.75, 3.05) is 13.7 Å². The van der Waals surface area contributed by atoms with E-state index >= 15 is 0 Å². The number of hydrogen-bond donors (Lipinski definition) is 0. The molecule has 23 heavy (non-hydrogen) atoms. The first kappa shape index (κ1) is 15.1. The standard InChI is InChI=1S/C18H18N2O3/c1-19-11-15(13-7-3-5-9-17(13)19)16(12-20(21)22)14-8-4-6-10-18(14)23-2/h3-11,16H,12H2,1-2H3. The average molecular weight is 310 g/mol. The van der Waals surface area contributed by atoms with Crippen molar-refractivity contribution in [3.05, 3.63) is 76.0 Å². The van der Waals surface area contributed by atoms with E-state index in [4.69, 9.17) is 4.74 Å². The molecule has 5 heteroatoms. The van der Waals surface area contributed by atoms with Crippen LogP contribution >= 0.6 is 0 Å². The van der Waals surface area contributed by atoms with Crippen LogP contribution in [0.2, 0.25) is 0 Å². The lowest BCUT2D eigenvalue weighted by atomic mass is 9.90. The molecule has 0 amide bonds. The van der Waals surface area contributed by atoms with Gasteiger partial charge in [0.25, 0.3) is 0 Å². The molecule has 0 radical (unpaired) electrons. The number of rotatable bonds is 5. The van der Waals surface area contributed by atoms with Gasteiger partial charge in [-0.05, 0) is 17.7 Å². The van der Waals surface area contributed by atoms with Gasteiger partial charge in [-0.15, -0.1) is 0 Å². The van der Waals surface area contributed by atoms with Crippen LogP contribution in [0.5, 0.6) is 5.75 Å². The Kier molecular flexibility index (Phi) is 4.02. The summed E-state index contributed by atoms with van der Waals surface area (Å²) in [5.41, 5.74) is 2.85. The van der Waals surface area contributed by atoms with Gasteiger partial charge in [-0.3, -0.25) is 10.1 Å². The minimum atomic E-state index is -0.354. The molecule has 118 valence electrons. The number of fused-ring (bicyclic) bond motifs is 1. The predicted octanol–water partition coefficient (Wildman–Crippen LogP) is 3.60. The van der Waals surface area contributed by atoms with Crippen molar-refractivity contribution >= 4 is 10.9 Å². The van der Waals surface area contributed by atoms with Gasteiger partial charge in [0.2, 0.25) is 6.54 Å². The molecule has 0 spiro atoms. The first-order valence-electron chi connectivity index (χ1n) is 7.40. The molecule has 0 bridgehead atoms. The van der Waals surface area contributed by atoms with E-state index in [0.29, 0.717) is 5.75 Å². The summed E-state index contributed by atoms with van der Waals surface area (Å²) in [6, 6.07) is 15.4. The Morgan fingerprint density at radius 1 is 1.13 bits per heavy atom. The third-order valence-corrected chi connectivity index (χ3v) is 4.15. The SMILES string of the molecule is COc1ccccc1C(C[N+](=O)[O-])c1cn(C)c2ccccc12. The van der Waals surface area contributed by atoms with Crippen LogP contribution in [-0.4, -0.2) is 23.1 Å². The maximum Gasteiger partial charge on any atom is 0.214 e. The van der Waals surface area contributed by atoms with E-state index in [-0.39, 0.29) is 17.4 Å². The second-order valence-electron chi connectivity index (χ2n) is 5.52. The fourth-order valence-electron chi connectivity index (χ4n) is 3.12. The highest BCUT2D eigenvalue weighted by Gasteiger charge is 2.26. The van der Waals surface area contributed by atoms with E-state index in [9.17, 15) is 10.1 Å². The summed E-state index contributed by atoms with van der Waals surface area (Å²) in [6.45, 7) is -0.172. The van der Waals surface area contributed by atoms with Crippen LogP contribution < -0.4 is 4.74 Å². The fourth-order valence-corrected chi connectivity index (χ4v) is 3.12. The maximum absolute atomic E-state index is 11.3. The van der Waals surface area contributed by atoms with Crippen molar-refractivity contribution in [3.63, 3.8) is 0 Å². The first-order chi connectivity index (χ1) is 11.1. The van der Waals surface area contributed by atoms with Gasteiger partial charge in [0.05, 0.1) is 13.0 Å². The quantitative estimate of drug-likeness (QED) is 0.534. The smallest absolute Gasteiger partial charge is 0.214 e. The van der Waals surface area contributed by atoms with Crippen molar-refractivity contribution in [1.82, 2.24) is 4.57 Å². The second-order valence-corrected chi connectivity index (χ2v) is 5.52. The van der Waals surface area contributed by atoms with E-state index < -0.39 is 0 Å². The number of nitrogens with zero attached hydrogens (tertiary/aromatic N) is 2. The summed E-state index contributed by atoms with van der Waals surface area (Å²) in [7, 11) is 3.54. The topological polar surface area (TPSA) is 57.3 Å². The Morgan fingerprint density at radius 2 is 1.83 bits per heavy atom. The normalized spacial score (nSPS) is 12.3. The summed E-state index contributed by atoms with van der Waals surface area (Å²) in [4.78, 5) is 11.0. The number of methoxy groups -OCH3 is 1. The number of para-hydroxylation sites is 2. The number of ether oxygens (including phenoxy) is 1. The molecule has 0 aliphatic heterocycles. The maximum atomic E-state index is 11.3. The van der Waals surface area contributed by atoms with Crippen LogP contribution in [0.1, 0.15) is 17.0 Å². The van der Waals surface area contributed by atoms with Crippen LogP contribution in [0.4, 0.5) is 0 Å². The highest BCUT2D eigenvalue weighted by atomic mass is 16.6. The molecule has 1 unspecified atom stereocenters. The van der Waals surface area contributed by atoms with Gasteiger partial charge in [0.15, 0.2) is 0 Å². The van der Waals surface area contributed by atoms with Crippen LogP contribution in [0, 0.1) is 10.1 Å². The molecule has 0 aliphatic rings. The first-order valence-corrected chi connectivity index (χ1v) is 7.40. The Hall–Kier alpha value is -2.82. The molecule has 0 aliphatic carbocycles. The van der Waals surface area contributed by atoms with Crippen molar-refractivity contribution in [2.45, 2.75) is 5.92 Å². The second kappa shape index (κ2) is 6.12. The van der Waals surface area contributed by atoms with Crippen LogP contribution in [0.3, 0.4) is 0 Å². The van der Waals surface area contributed by atoms with Crippen molar-refractivity contribution < 1.29 is 9.66 Å². The Bertz CT molecular complexity index is 854. The molecule has 1 atom stereocenters. The van der Waals surface area contributed by atoms with Gasteiger partial charge < -0.3 is 9.30 Å². The van der Waals surface area contributed by atoms with Gasteiger partial charge in [-0.25, -0.2) is 0 Å². The minimum absolute atomic E-state index is 0.172. The van der Waals surface area contributed by atoms with Gasteiger partial charge in [0.1, 0.15) is 5.75 Å². The highest BCUT2D eigenvalue weighted by molar-refractivity contribution is 5.85. The molecular formula is C18H18N2O3. The number of hydrogen-bond acceptors (Lipinski definition) is 3. The van der Waals surface area contributed by atoms with E-state index in [1.54, 1.807) is 7.11 Å². The Balaban J connectivity index is 2.21. The van der Waals surface area contributed by atoms with Gasteiger partial charge >= 0.3 is 0 Å². The summed E-state index contributed by atoms with van der Waals surface area (Å²) in [5, 5.41) is 12.3. The number of nitro groups is 1. The van der Waals surface area contributed by atoms with Crippen molar-refractivity contribution in [2.24, 2.45) is 7.05 Å². The zero-order valence-corrected chi connectivity index (χ0v) is 13.1. The average Bonchev–Trinajstić information content (AvgIpc) is 2.90. The number of aryl methyl sites for hydroxylation is 1. The summed E-state index contributed by atoms with van der Waals surface area (Å²) in [5.74, 6) is 0.319. The molecule has 3 aromatic rings. The van der Waals surface area contributed by atoms with Crippen LogP contribution in [0.25, 0.3) is 10.9 Å². The lowest BCUT2D eigenvalue weighted by molar-refractivity contribution is -0.481. The zero-order valence-electron chi connectivity index (χ0n) is 13.1. The minimum Gasteiger partial charge on any atom is -0.496 e. The molecule has 1 heterocycles. The predicted molar refractivity (Wildman–Crippen MR) is 89.6 cm³/mol. The molecule has 2 aromatic carbocycles. The Morgan fingerprint density at radius 3 is 2.57 bits per heavy atom. The van der Waals surface area contributed by atoms with Crippen molar-refractivity contribution in [3.8, 4) is 5.75 Å². The van der Waals surface area contributed by atoms with Crippen molar-refractivity contribution in [1.29, 1.82) is 0 Å².